The molecule has 5 nitrogen and oxygen atoms in total. The molecule has 3 atom stereocenters. The van der Waals surface area contributed by atoms with Crippen LogP contribution in [0.25, 0.3) is 0 Å². The lowest BCUT2D eigenvalue weighted by Crippen LogP contribution is -2.19. The molecule has 0 aliphatic heterocycles. The highest BCUT2D eigenvalue weighted by molar-refractivity contribution is 4.96. The first kappa shape index (κ1) is 15.1. The molecule has 1 heterocycles. The summed E-state index contributed by atoms with van der Waals surface area (Å²) in [6.45, 7) is 8.90. The highest BCUT2D eigenvalue weighted by atomic mass is 16.5. The zero-order valence-electron chi connectivity index (χ0n) is 11.8. The molecule has 18 heavy (non-hydrogen) atoms. The highest BCUT2D eigenvalue weighted by Crippen LogP contribution is 2.24. The molecule has 0 bridgehead atoms. The van der Waals surface area contributed by atoms with Crippen molar-refractivity contribution in [3.63, 3.8) is 0 Å². The zero-order chi connectivity index (χ0) is 13.5. The third-order valence-electron chi connectivity index (χ3n) is 3.21. The van der Waals surface area contributed by atoms with Crippen LogP contribution in [0.5, 0.6) is 0 Å². The molecular weight excluding hydrogens is 230 g/mol. The van der Waals surface area contributed by atoms with Gasteiger partial charge in [0.25, 0.3) is 0 Å². The first-order valence-electron chi connectivity index (χ1n) is 6.84. The molecule has 0 fully saturated rings. The second-order valence-electron chi connectivity index (χ2n) is 4.63. The predicted octanol–water partition coefficient (Wildman–Crippen LogP) is 2.99. The van der Waals surface area contributed by atoms with Gasteiger partial charge < -0.3 is 15.0 Å². The Hall–Kier alpha value is -0.940. The molecule has 0 spiro atoms. The third-order valence-corrected chi connectivity index (χ3v) is 3.21. The first-order valence-corrected chi connectivity index (χ1v) is 6.84. The fourth-order valence-electron chi connectivity index (χ4n) is 1.76. The van der Waals surface area contributed by atoms with Gasteiger partial charge in [-0.2, -0.15) is 4.98 Å². The summed E-state index contributed by atoms with van der Waals surface area (Å²) < 4.78 is 10.9. The van der Waals surface area contributed by atoms with Crippen LogP contribution in [0, 0.1) is 5.92 Å². The number of nitrogens with zero attached hydrogens (tertiary/aromatic N) is 2. The lowest BCUT2D eigenvalue weighted by atomic mass is 10.0. The molecule has 1 aromatic heterocycles. The summed E-state index contributed by atoms with van der Waals surface area (Å²) in [7, 11) is 0. The van der Waals surface area contributed by atoms with Crippen LogP contribution < -0.4 is 5.73 Å². The Morgan fingerprint density at radius 2 is 2.06 bits per heavy atom. The SMILES string of the molecule is CCCC(OCC)c1noc(C(N)C(C)CC)n1. The van der Waals surface area contributed by atoms with Crippen LogP contribution in [0.1, 0.15) is 70.8 Å². The van der Waals surface area contributed by atoms with Crippen molar-refractivity contribution in [3.8, 4) is 0 Å². The monoisotopic (exact) mass is 255 g/mol. The standard InChI is InChI=1S/C13H25N3O2/c1-5-8-10(17-7-3)12-15-13(18-16-12)11(14)9(4)6-2/h9-11H,5-8,14H2,1-4H3. The second kappa shape index (κ2) is 7.48. The molecule has 104 valence electrons. The van der Waals surface area contributed by atoms with E-state index in [1.807, 2.05) is 6.92 Å². The van der Waals surface area contributed by atoms with E-state index < -0.39 is 0 Å². The van der Waals surface area contributed by atoms with Gasteiger partial charge in [-0.1, -0.05) is 38.8 Å². The van der Waals surface area contributed by atoms with E-state index in [4.69, 9.17) is 15.0 Å². The van der Waals surface area contributed by atoms with Gasteiger partial charge in [-0.25, -0.2) is 0 Å². The normalized spacial score (nSPS) is 16.5. The number of rotatable bonds is 8. The van der Waals surface area contributed by atoms with Crippen LogP contribution in [0.4, 0.5) is 0 Å². The summed E-state index contributed by atoms with van der Waals surface area (Å²) in [4.78, 5) is 4.39. The molecule has 0 amide bonds. The van der Waals surface area contributed by atoms with Crippen LogP contribution in [-0.2, 0) is 4.74 Å². The van der Waals surface area contributed by atoms with Gasteiger partial charge in [0.2, 0.25) is 11.7 Å². The summed E-state index contributed by atoms with van der Waals surface area (Å²) in [6, 6.07) is -0.194. The predicted molar refractivity (Wildman–Crippen MR) is 70.0 cm³/mol. The average molecular weight is 255 g/mol. The third kappa shape index (κ3) is 3.78. The number of ether oxygens (including phenoxy) is 1. The van der Waals surface area contributed by atoms with Crippen LogP contribution in [0.3, 0.4) is 0 Å². The molecule has 0 aliphatic rings. The number of nitrogens with two attached hydrogens (primary N) is 1. The van der Waals surface area contributed by atoms with Crippen molar-refractivity contribution in [2.45, 2.75) is 59.1 Å². The molecule has 0 aliphatic carbocycles. The fourth-order valence-corrected chi connectivity index (χ4v) is 1.76. The van der Waals surface area contributed by atoms with E-state index in [0.717, 1.165) is 19.3 Å². The molecule has 0 saturated heterocycles. The largest absolute Gasteiger partial charge is 0.370 e. The van der Waals surface area contributed by atoms with Crippen LogP contribution in [0.15, 0.2) is 4.52 Å². The van der Waals surface area contributed by atoms with Gasteiger partial charge in [-0.15, -0.1) is 0 Å². The molecule has 1 rings (SSSR count). The van der Waals surface area contributed by atoms with Crippen molar-refractivity contribution in [1.82, 2.24) is 10.1 Å². The van der Waals surface area contributed by atoms with Gasteiger partial charge in [0.1, 0.15) is 6.10 Å². The Balaban J connectivity index is 2.76. The number of hydrogen-bond acceptors (Lipinski definition) is 5. The van der Waals surface area contributed by atoms with Crippen molar-refractivity contribution >= 4 is 0 Å². The maximum atomic E-state index is 6.07. The fraction of sp³-hybridized carbons (Fsp3) is 0.846. The maximum Gasteiger partial charge on any atom is 0.243 e. The van der Waals surface area contributed by atoms with E-state index in [0.29, 0.717) is 24.2 Å². The second-order valence-corrected chi connectivity index (χ2v) is 4.63. The topological polar surface area (TPSA) is 74.2 Å². The van der Waals surface area contributed by atoms with Crippen molar-refractivity contribution in [3.05, 3.63) is 11.7 Å². The number of hydrogen-bond donors (Lipinski definition) is 1. The van der Waals surface area contributed by atoms with Gasteiger partial charge in [0.15, 0.2) is 0 Å². The Bertz CT molecular complexity index is 335. The summed E-state index contributed by atoms with van der Waals surface area (Å²) in [5.74, 6) is 1.46. The van der Waals surface area contributed by atoms with Crippen LogP contribution >= 0.6 is 0 Å². The van der Waals surface area contributed by atoms with Crippen LogP contribution in [-0.4, -0.2) is 16.7 Å². The molecule has 1 aromatic rings. The highest BCUT2D eigenvalue weighted by Gasteiger charge is 2.23. The molecule has 2 N–H and O–H groups in total. The molecule has 0 aromatic carbocycles. The van der Waals surface area contributed by atoms with Gasteiger partial charge in [0.05, 0.1) is 6.04 Å². The summed E-state index contributed by atoms with van der Waals surface area (Å²) >= 11 is 0. The minimum Gasteiger partial charge on any atom is -0.370 e. The van der Waals surface area contributed by atoms with E-state index in [1.165, 1.54) is 0 Å². The minimum absolute atomic E-state index is 0.0818. The van der Waals surface area contributed by atoms with Gasteiger partial charge in [-0.3, -0.25) is 0 Å². The van der Waals surface area contributed by atoms with Crippen molar-refractivity contribution < 1.29 is 9.26 Å². The lowest BCUT2D eigenvalue weighted by molar-refractivity contribution is 0.0477. The maximum absolute atomic E-state index is 6.07. The Morgan fingerprint density at radius 3 is 2.61 bits per heavy atom. The summed E-state index contributed by atoms with van der Waals surface area (Å²) in [5, 5.41) is 4.00. The van der Waals surface area contributed by atoms with E-state index in [9.17, 15) is 0 Å². The summed E-state index contributed by atoms with van der Waals surface area (Å²) in [6.07, 6.45) is 2.82. The van der Waals surface area contributed by atoms with Crippen molar-refractivity contribution in [2.75, 3.05) is 6.61 Å². The van der Waals surface area contributed by atoms with Gasteiger partial charge in [-0.05, 0) is 19.3 Å². The molecule has 3 unspecified atom stereocenters. The van der Waals surface area contributed by atoms with Gasteiger partial charge in [0, 0.05) is 6.61 Å². The van der Waals surface area contributed by atoms with E-state index in [2.05, 4.69) is 30.9 Å². The molecule has 0 radical (unpaired) electrons. The Kier molecular flexibility index (Phi) is 6.29. The number of aromatic nitrogens is 2. The van der Waals surface area contributed by atoms with E-state index in [-0.39, 0.29) is 12.1 Å². The summed E-state index contributed by atoms with van der Waals surface area (Å²) in [5.41, 5.74) is 6.07. The van der Waals surface area contributed by atoms with Gasteiger partial charge >= 0.3 is 0 Å². The molecular formula is C13H25N3O2. The van der Waals surface area contributed by atoms with Crippen LogP contribution in [0.2, 0.25) is 0 Å². The average Bonchev–Trinajstić information content (AvgIpc) is 2.86. The Labute approximate surface area is 109 Å². The minimum atomic E-state index is -0.194. The van der Waals surface area contributed by atoms with Crippen molar-refractivity contribution in [1.29, 1.82) is 0 Å². The van der Waals surface area contributed by atoms with Crippen molar-refractivity contribution in [2.24, 2.45) is 11.7 Å². The van der Waals surface area contributed by atoms with E-state index >= 15 is 0 Å². The molecule has 0 saturated carbocycles. The smallest absolute Gasteiger partial charge is 0.243 e. The zero-order valence-corrected chi connectivity index (χ0v) is 11.8. The first-order chi connectivity index (χ1) is 8.63. The van der Waals surface area contributed by atoms with E-state index in [1.54, 1.807) is 0 Å². The Morgan fingerprint density at radius 1 is 1.33 bits per heavy atom. The lowest BCUT2D eigenvalue weighted by Gasteiger charge is -2.13. The quantitative estimate of drug-likeness (QED) is 0.773. The molecule has 5 heteroatoms.